The Morgan fingerprint density at radius 3 is 2.44 bits per heavy atom. The number of unbranched alkanes of at least 4 members (excludes halogenated alkanes) is 1. The van der Waals surface area contributed by atoms with Crippen LogP contribution in [0.4, 0.5) is 0 Å². The molecule has 0 heterocycles. The van der Waals surface area contributed by atoms with Crippen LogP contribution < -0.4 is 0 Å². The molecule has 0 spiro atoms. The molecule has 0 saturated carbocycles. The smallest absolute Gasteiger partial charge is 0.0389 e. The van der Waals surface area contributed by atoms with E-state index < -0.39 is 0 Å². The van der Waals surface area contributed by atoms with Crippen LogP contribution >= 0.6 is 0 Å². The Balaban J connectivity index is 2.17. The highest BCUT2D eigenvalue weighted by molar-refractivity contribution is 6.05. The minimum atomic E-state index is 0.476. The molecule has 2 aromatic rings. The van der Waals surface area contributed by atoms with Gasteiger partial charge in [0.1, 0.15) is 0 Å². The molecule has 0 bridgehead atoms. The summed E-state index contributed by atoms with van der Waals surface area (Å²) in [6, 6.07) is 13.2. The van der Waals surface area contributed by atoms with E-state index >= 15 is 0 Å². The van der Waals surface area contributed by atoms with Gasteiger partial charge in [-0.3, -0.25) is 4.99 Å². The summed E-state index contributed by atoms with van der Waals surface area (Å²) < 4.78 is 0. The maximum Gasteiger partial charge on any atom is 0.0389 e. The molecule has 1 nitrogen and oxygen atoms in total. The highest BCUT2D eigenvalue weighted by Gasteiger charge is 2.26. The largest absolute Gasteiger partial charge is 0.293 e. The summed E-state index contributed by atoms with van der Waals surface area (Å²) in [5, 5.41) is 2.59. The highest BCUT2D eigenvalue weighted by Crippen LogP contribution is 2.44. The molecular formula is C24H29N. The summed E-state index contributed by atoms with van der Waals surface area (Å²) in [5.74, 6) is 0.476. The predicted octanol–water partition coefficient (Wildman–Crippen LogP) is 6.82. The fraction of sp³-hybridized carbons (Fsp3) is 0.375. The van der Waals surface area contributed by atoms with Gasteiger partial charge in [-0.05, 0) is 60.2 Å². The van der Waals surface area contributed by atoms with Crippen LogP contribution in [0.1, 0.15) is 58.6 Å². The molecule has 3 rings (SSSR count). The number of nitrogens with zero attached hydrogens (tertiary/aromatic N) is 1. The average Bonchev–Trinajstić information content (AvgIpc) is 2.82. The zero-order valence-corrected chi connectivity index (χ0v) is 16.2. The standard InChI is InChI=1S/C24H29N/c1-6-7-14-25-15-23-21-11-9-8-10-20(21)12-13-22(23)24-18(4)16(2)17(3)19(24)5/h8-13,15,18H,6-7,14H2,1-5H3/b25-15+. The van der Waals surface area contributed by atoms with E-state index in [0.29, 0.717) is 5.92 Å². The molecule has 1 aliphatic carbocycles. The molecule has 0 saturated heterocycles. The van der Waals surface area contributed by atoms with Crippen molar-refractivity contribution in [1.29, 1.82) is 0 Å². The zero-order chi connectivity index (χ0) is 18.0. The molecule has 0 aromatic heterocycles. The second-order valence-electron chi connectivity index (χ2n) is 7.21. The van der Waals surface area contributed by atoms with Gasteiger partial charge in [0.25, 0.3) is 0 Å². The van der Waals surface area contributed by atoms with Crippen molar-refractivity contribution in [2.75, 3.05) is 6.54 Å². The van der Waals surface area contributed by atoms with Crippen molar-refractivity contribution in [3.05, 3.63) is 64.2 Å². The van der Waals surface area contributed by atoms with Crippen molar-refractivity contribution in [3.8, 4) is 0 Å². The fourth-order valence-electron chi connectivity index (χ4n) is 3.87. The van der Waals surface area contributed by atoms with Crippen LogP contribution in [0.5, 0.6) is 0 Å². The van der Waals surface area contributed by atoms with Crippen molar-refractivity contribution >= 4 is 22.6 Å². The molecule has 1 aliphatic rings. The lowest BCUT2D eigenvalue weighted by Crippen LogP contribution is -2.02. The van der Waals surface area contributed by atoms with Crippen molar-refractivity contribution in [2.24, 2.45) is 10.9 Å². The van der Waals surface area contributed by atoms with E-state index in [9.17, 15) is 0 Å². The summed E-state index contributed by atoms with van der Waals surface area (Å²) in [7, 11) is 0. The molecule has 25 heavy (non-hydrogen) atoms. The minimum absolute atomic E-state index is 0.476. The van der Waals surface area contributed by atoms with Gasteiger partial charge in [0.15, 0.2) is 0 Å². The second-order valence-corrected chi connectivity index (χ2v) is 7.21. The van der Waals surface area contributed by atoms with E-state index in [2.05, 4.69) is 77.2 Å². The lowest BCUT2D eigenvalue weighted by Gasteiger charge is -2.17. The number of aliphatic imine (C=N–C) groups is 1. The van der Waals surface area contributed by atoms with Gasteiger partial charge >= 0.3 is 0 Å². The normalized spacial score (nSPS) is 18.2. The fourth-order valence-corrected chi connectivity index (χ4v) is 3.87. The topological polar surface area (TPSA) is 12.4 Å². The zero-order valence-electron chi connectivity index (χ0n) is 16.2. The minimum Gasteiger partial charge on any atom is -0.293 e. The number of hydrogen-bond donors (Lipinski definition) is 0. The third-order valence-corrected chi connectivity index (χ3v) is 5.76. The van der Waals surface area contributed by atoms with Crippen molar-refractivity contribution in [2.45, 2.75) is 47.5 Å². The first-order valence-electron chi connectivity index (χ1n) is 9.46. The highest BCUT2D eigenvalue weighted by atomic mass is 14.7. The summed E-state index contributed by atoms with van der Waals surface area (Å²) in [4.78, 5) is 4.74. The molecular weight excluding hydrogens is 302 g/mol. The number of benzene rings is 2. The van der Waals surface area contributed by atoms with Gasteiger partial charge in [-0.2, -0.15) is 0 Å². The summed E-state index contributed by atoms with van der Waals surface area (Å²) >= 11 is 0. The van der Waals surface area contributed by atoms with Crippen LogP contribution in [0, 0.1) is 5.92 Å². The number of allylic oxidation sites excluding steroid dienone is 4. The Kier molecular flexibility index (Phi) is 5.22. The van der Waals surface area contributed by atoms with Gasteiger partial charge in [-0.1, -0.05) is 62.2 Å². The monoisotopic (exact) mass is 331 g/mol. The van der Waals surface area contributed by atoms with Gasteiger partial charge in [0.2, 0.25) is 0 Å². The SMILES string of the molecule is CCCC/N=C/c1c(C2=C(C)C(C)=C(C)C2C)ccc2ccccc12. The van der Waals surface area contributed by atoms with Gasteiger partial charge in [0.05, 0.1) is 0 Å². The van der Waals surface area contributed by atoms with Crippen molar-refractivity contribution in [3.63, 3.8) is 0 Å². The van der Waals surface area contributed by atoms with Crippen LogP contribution in [0.2, 0.25) is 0 Å². The van der Waals surface area contributed by atoms with E-state index in [1.165, 1.54) is 50.6 Å². The van der Waals surface area contributed by atoms with Crippen LogP contribution in [0.15, 0.2) is 58.1 Å². The first kappa shape index (κ1) is 17.7. The van der Waals surface area contributed by atoms with Crippen molar-refractivity contribution < 1.29 is 0 Å². The van der Waals surface area contributed by atoms with E-state index in [1.807, 2.05) is 0 Å². The molecule has 0 aliphatic heterocycles. The lowest BCUT2D eigenvalue weighted by molar-refractivity contribution is 0.810. The summed E-state index contributed by atoms with van der Waals surface area (Å²) in [6.45, 7) is 12.2. The van der Waals surface area contributed by atoms with Crippen LogP contribution in [0.3, 0.4) is 0 Å². The van der Waals surface area contributed by atoms with Crippen molar-refractivity contribution in [1.82, 2.24) is 0 Å². The maximum absolute atomic E-state index is 4.74. The number of fused-ring (bicyclic) bond motifs is 1. The van der Waals surface area contributed by atoms with Gasteiger partial charge < -0.3 is 0 Å². The quantitative estimate of drug-likeness (QED) is 0.421. The molecule has 0 N–H and O–H groups in total. The van der Waals surface area contributed by atoms with Gasteiger partial charge in [0, 0.05) is 24.2 Å². The Bertz CT molecular complexity index is 880. The molecule has 0 amide bonds. The molecule has 1 unspecified atom stereocenters. The molecule has 0 fully saturated rings. The average molecular weight is 332 g/mol. The van der Waals surface area contributed by atoms with Gasteiger partial charge in [-0.15, -0.1) is 0 Å². The number of hydrogen-bond acceptors (Lipinski definition) is 1. The Labute approximate surface area is 152 Å². The summed E-state index contributed by atoms with van der Waals surface area (Å²) in [5.41, 5.74) is 8.47. The molecule has 130 valence electrons. The third-order valence-electron chi connectivity index (χ3n) is 5.76. The van der Waals surface area contributed by atoms with Crippen LogP contribution in [-0.4, -0.2) is 12.8 Å². The van der Waals surface area contributed by atoms with Gasteiger partial charge in [-0.25, -0.2) is 0 Å². The summed E-state index contributed by atoms with van der Waals surface area (Å²) in [6.07, 6.45) is 4.45. The number of rotatable bonds is 5. The second kappa shape index (κ2) is 7.39. The van der Waals surface area contributed by atoms with E-state index in [-0.39, 0.29) is 0 Å². The first-order chi connectivity index (χ1) is 12.1. The van der Waals surface area contributed by atoms with E-state index in [0.717, 1.165) is 13.0 Å². The Morgan fingerprint density at radius 1 is 1.00 bits per heavy atom. The molecule has 2 aromatic carbocycles. The molecule has 1 atom stereocenters. The lowest BCUT2D eigenvalue weighted by atomic mass is 9.87. The van der Waals surface area contributed by atoms with E-state index in [1.54, 1.807) is 0 Å². The Hall–Kier alpha value is -2.15. The Morgan fingerprint density at radius 2 is 1.76 bits per heavy atom. The maximum atomic E-state index is 4.74. The van der Waals surface area contributed by atoms with E-state index in [4.69, 9.17) is 4.99 Å². The predicted molar refractivity (Wildman–Crippen MR) is 111 cm³/mol. The third kappa shape index (κ3) is 3.20. The van der Waals surface area contributed by atoms with Crippen LogP contribution in [-0.2, 0) is 0 Å². The van der Waals surface area contributed by atoms with Crippen LogP contribution in [0.25, 0.3) is 16.3 Å². The molecule has 1 heteroatoms. The first-order valence-corrected chi connectivity index (χ1v) is 9.46. The molecule has 0 radical (unpaired) electrons.